The fraction of sp³-hybridized carbons (Fsp3) is 0.269. The zero-order chi connectivity index (χ0) is 20.3. The highest BCUT2D eigenvalue weighted by Gasteiger charge is 2.36. The molecular weight excluding hydrogens is 372 g/mol. The minimum Gasteiger partial charge on any atom is -0.480 e. The molecule has 30 heavy (non-hydrogen) atoms. The van der Waals surface area contributed by atoms with Crippen molar-refractivity contribution in [2.24, 2.45) is 0 Å². The number of fused-ring (bicyclic) bond motifs is 1. The van der Waals surface area contributed by atoms with E-state index in [1.165, 1.54) is 16.0 Å². The Kier molecular flexibility index (Phi) is 5.24. The number of ether oxygens (including phenoxy) is 1. The Bertz CT molecular complexity index is 933. The highest BCUT2D eigenvalue weighted by atomic mass is 16.5. The van der Waals surface area contributed by atoms with Gasteiger partial charge in [-0.3, -0.25) is 4.79 Å². The molecule has 0 spiro atoms. The summed E-state index contributed by atoms with van der Waals surface area (Å²) in [6.07, 6.45) is 0.307. The predicted octanol–water partition coefficient (Wildman–Crippen LogP) is 2.51. The molecule has 0 radical (unpaired) electrons. The van der Waals surface area contributed by atoms with E-state index in [1.807, 2.05) is 23.1 Å². The van der Waals surface area contributed by atoms with Crippen LogP contribution in [0.25, 0.3) is 0 Å². The smallest absolute Gasteiger partial charge is 0.264 e. The molecule has 5 rings (SSSR count). The van der Waals surface area contributed by atoms with Crippen molar-refractivity contribution in [2.45, 2.75) is 18.6 Å². The Morgan fingerprint density at radius 3 is 2.00 bits per heavy atom. The quantitative estimate of drug-likeness (QED) is 0.732. The van der Waals surface area contributed by atoms with Crippen LogP contribution in [0.5, 0.6) is 5.75 Å². The van der Waals surface area contributed by atoms with Crippen molar-refractivity contribution in [3.8, 4) is 5.75 Å². The number of para-hydroxylation sites is 1. The molecule has 2 heterocycles. The molecule has 1 N–H and O–H groups in total. The summed E-state index contributed by atoms with van der Waals surface area (Å²) in [5, 5.41) is 0. The van der Waals surface area contributed by atoms with Crippen molar-refractivity contribution in [2.75, 3.05) is 26.2 Å². The molecule has 0 bridgehead atoms. The van der Waals surface area contributed by atoms with Gasteiger partial charge in [-0.05, 0) is 11.6 Å². The molecule has 0 aromatic heterocycles. The summed E-state index contributed by atoms with van der Waals surface area (Å²) in [4.78, 5) is 16.6. The fourth-order valence-corrected chi connectivity index (χ4v) is 4.78. The number of hydrogen-bond acceptors (Lipinski definition) is 2. The van der Waals surface area contributed by atoms with Gasteiger partial charge in [0.2, 0.25) is 0 Å². The molecule has 1 fully saturated rings. The molecule has 0 unspecified atom stereocenters. The second-order valence-corrected chi connectivity index (χ2v) is 8.16. The monoisotopic (exact) mass is 399 g/mol. The Morgan fingerprint density at radius 1 is 0.833 bits per heavy atom. The molecule has 2 aliphatic rings. The van der Waals surface area contributed by atoms with Gasteiger partial charge in [-0.25, -0.2) is 0 Å². The molecular formula is C26H27N2O2+. The maximum atomic E-state index is 13.1. The van der Waals surface area contributed by atoms with Crippen molar-refractivity contribution in [1.82, 2.24) is 4.90 Å². The normalized spacial score (nSPS) is 18.8. The molecule has 4 heteroatoms. The number of carbonyl (C=O) groups excluding carboxylic acids is 1. The largest absolute Gasteiger partial charge is 0.480 e. The SMILES string of the molecule is O=C([C@H]1Cc2ccccc2O1)N1CC[NH+](C(c2ccccc2)c2ccccc2)CC1. The third-order valence-corrected chi connectivity index (χ3v) is 6.31. The van der Waals surface area contributed by atoms with Crippen LogP contribution in [0.3, 0.4) is 0 Å². The minimum atomic E-state index is -0.372. The van der Waals surface area contributed by atoms with Crippen molar-refractivity contribution < 1.29 is 14.4 Å². The lowest BCUT2D eigenvalue weighted by Crippen LogP contribution is -3.15. The van der Waals surface area contributed by atoms with Gasteiger partial charge in [0.15, 0.2) is 6.10 Å². The molecule has 3 aromatic carbocycles. The maximum absolute atomic E-state index is 13.1. The molecule has 1 saturated heterocycles. The lowest BCUT2D eigenvalue weighted by Gasteiger charge is -2.37. The third kappa shape index (κ3) is 3.71. The average molecular weight is 400 g/mol. The van der Waals surface area contributed by atoms with Crippen molar-refractivity contribution in [1.29, 1.82) is 0 Å². The van der Waals surface area contributed by atoms with Crippen LogP contribution >= 0.6 is 0 Å². The molecule has 0 aliphatic carbocycles. The topological polar surface area (TPSA) is 34.0 Å². The standard InChI is InChI=1S/C26H26N2O2/c29-26(24-19-22-13-7-8-14-23(22)30-24)28-17-15-27(16-18-28)25(20-9-3-1-4-10-20)21-11-5-2-6-12-21/h1-14,24-25H,15-19H2/p+1/t24-/m1/s1. The molecule has 0 saturated carbocycles. The van der Waals surface area contributed by atoms with Crippen molar-refractivity contribution >= 4 is 5.91 Å². The van der Waals surface area contributed by atoms with E-state index >= 15 is 0 Å². The Hall–Kier alpha value is -3.11. The van der Waals surface area contributed by atoms with Crippen LogP contribution in [0.1, 0.15) is 22.7 Å². The molecule has 2 aliphatic heterocycles. The number of piperazine rings is 1. The van der Waals surface area contributed by atoms with Gasteiger partial charge >= 0.3 is 0 Å². The minimum absolute atomic E-state index is 0.126. The van der Waals surface area contributed by atoms with Crippen LogP contribution in [-0.2, 0) is 11.2 Å². The first-order valence-corrected chi connectivity index (χ1v) is 10.8. The zero-order valence-corrected chi connectivity index (χ0v) is 17.0. The zero-order valence-electron chi connectivity index (χ0n) is 17.0. The molecule has 152 valence electrons. The highest BCUT2D eigenvalue weighted by molar-refractivity contribution is 5.82. The molecule has 1 amide bonds. The lowest BCUT2D eigenvalue weighted by atomic mass is 9.96. The fourth-order valence-electron chi connectivity index (χ4n) is 4.78. The predicted molar refractivity (Wildman–Crippen MR) is 117 cm³/mol. The summed E-state index contributed by atoms with van der Waals surface area (Å²) in [6.45, 7) is 3.39. The number of rotatable bonds is 4. The van der Waals surface area contributed by atoms with E-state index in [2.05, 4.69) is 66.7 Å². The summed E-state index contributed by atoms with van der Waals surface area (Å²) in [7, 11) is 0. The van der Waals surface area contributed by atoms with E-state index < -0.39 is 0 Å². The number of carbonyl (C=O) groups is 1. The second-order valence-electron chi connectivity index (χ2n) is 8.16. The van der Waals surface area contributed by atoms with E-state index in [-0.39, 0.29) is 18.1 Å². The van der Waals surface area contributed by atoms with Crippen LogP contribution in [-0.4, -0.2) is 43.1 Å². The van der Waals surface area contributed by atoms with Crippen molar-refractivity contribution in [3.05, 3.63) is 102 Å². The van der Waals surface area contributed by atoms with E-state index in [1.54, 1.807) is 0 Å². The molecule has 3 aromatic rings. The van der Waals surface area contributed by atoms with E-state index in [4.69, 9.17) is 4.74 Å². The first kappa shape index (κ1) is 18.9. The summed E-state index contributed by atoms with van der Waals surface area (Å²) in [6, 6.07) is 29.7. The van der Waals surface area contributed by atoms with Crippen LogP contribution in [0.15, 0.2) is 84.9 Å². The maximum Gasteiger partial charge on any atom is 0.264 e. The van der Waals surface area contributed by atoms with Gasteiger partial charge in [0.05, 0.1) is 26.2 Å². The Morgan fingerprint density at radius 2 is 1.40 bits per heavy atom. The Labute approximate surface area is 177 Å². The third-order valence-electron chi connectivity index (χ3n) is 6.31. The number of amides is 1. The van der Waals surface area contributed by atoms with Crippen molar-refractivity contribution in [3.63, 3.8) is 0 Å². The van der Waals surface area contributed by atoms with Gasteiger partial charge in [-0.15, -0.1) is 0 Å². The van der Waals surface area contributed by atoms with Gasteiger partial charge in [0.1, 0.15) is 11.8 Å². The summed E-state index contributed by atoms with van der Waals surface area (Å²) in [5.41, 5.74) is 3.79. The summed E-state index contributed by atoms with van der Waals surface area (Å²) in [5.74, 6) is 0.981. The number of quaternary nitrogens is 1. The van der Waals surface area contributed by atoms with E-state index in [9.17, 15) is 4.79 Å². The van der Waals surface area contributed by atoms with Gasteiger partial charge in [-0.2, -0.15) is 0 Å². The number of nitrogens with one attached hydrogen (secondary N) is 1. The number of hydrogen-bond donors (Lipinski definition) is 1. The Balaban J connectivity index is 1.28. The van der Waals surface area contributed by atoms with Crippen LogP contribution in [0, 0.1) is 0 Å². The lowest BCUT2D eigenvalue weighted by molar-refractivity contribution is -0.929. The molecule has 1 atom stereocenters. The number of benzene rings is 3. The second kappa shape index (κ2) is 8.33. The van der Waals surface area contributed by atoms with Gasteiger partial charge in [0.25, 0.3) is 5.91 Å². The van der Waals surface area contributed by atoms with Gasteiger partial charge < -0.3 is 14.5 Å². The number of nitrogens with zero attached hydrogens (tertiary/aromatic N) is 1. The van der Waals surface area contributed by atoms with E-state index in [0.717, 1.165) is 37.5 Å². The first-order chi connectivity index (χ1) is 14.8. The van der Waals surface area contributed by atoms with Crippen LogP contribution in [0.4, 0.5) is 0 Å². The average Bonchev–Trinajstić information content (AvgIpc) is 3.25. The van der Waals surface area contributed by atoms with Crippen LogP contribution < -0.4 is 9.64 Å². The summed E-state index contributed by atoms with van der Waals surface area (Å²) >= 11 is 0. The van der Waals surface area contributed by atoms with E-state index in [0.29, 0.717) is 6.42 Å². The first-order valence-electron chi connectivity index (χ1n) is 10.8. The van der Waals surface area contributed by atoms with Gasteiger partial charge in [0, 0.05) is 17.5 Å². The molecule has 4 nitrogen and oxygen atoms in total. The van der Waals surface area contributed by atoms with Gasteiger partial charge in [-0.1, -0.05) is 78.9 Å². The highest BCUT2D eigenvalue weighted by Crippen LogP contribution is 2.29. The van der Waals surface area contributed by atoms with Crippen LogP contribution in [0.2, 0.25) is 0 Å². The summed E-state index contributed by atoms with van der Waals surface area (Å²) < 4.78 is 5.94.